The number of amides is 2. The molecule has 0 aliphatic carbocycles. The molecular formula is C21H22N4O2S. The minimum absolute atomic E-state index is 0.00182. The summed E-state index contributed by atoms with van der Waals surface area (Å²) < 4.78 is 1.79. The Labute approximate surface area is 167 Å². The summed E-state index contributed by atoms with van der Waals surface area (Å²) in [5.74, 6) is 0.672. The van der Waals surface area contributed by atoms with Crippen molar-refractivity contribution in [2.45, 2.75) is 19.4 Å². The van der Waals surface area contributed by atoms with E-state index in [4.69, 9.17) is 0 Å². The molecule has 1 N–H and O–H groups in total. The van der Waals surface area contributed by atoms with Crippen LogP contribution in [0.2, 0.25) is 0 Å². The van der Waals surface area contributed by atoms with E-state index < -0.39 is 0 Å². The summed E-state index contributed by atoms with van der Waals surface area (Å²) in [7, 11) is 0. The van der Waals surface area contributed by atoms with Gasteiger partial charge in [0.2, 0.25) is 5.91 Å². The summed E-state index contributed by atoms with van der Waals surface area (Å²) in [6.07, 6.45) is 3.05. The van der Waals surface area contributed by atoms with Gasteiger partial charge in [0, 0.05) is 25.1 Å². The van der Waals surface area contributed by atoms with Gasteiger partial charge in [-0.25, -0.2) is 4.68 Å². The number of nitrogens with one attached hydrogen (secondary N) is 1. The maximum Gasteiger partial charge on any atom is 0.263 e. The Bertz CT molecular complexity index is 928. The third-order valence-electron chi connectivity index (χ3n) is 5.03. The molecule has 0 spiro atoms. The third kappa shape index (κ3) is 4.14. The van der Waals surface area contributed by atoms with Crippen LogP contribution in [0.25, 0.3) is 0 Å². The maximum atomic E-state index is 12.7. The van der Waals surface area contributed by atoms with Crippen molar-refractivity contribution in [3.8, 4) is 0 Å². The molecular weight excluding hydrogens is 372 g/mol. The van der Waals surface area contributed by atoms with Crippen molar-refractivity contribution in [3.05, 3.63) is 70.5 Å². The van der Waals surface area contributed by atoms with Gasteiger partial charge in [0.15, 0.2) is 0 Å². The Morgan fingerprint density at radius 1 is 1.07 bits per heavy atom. The molecule has 0 radical (unpaired) electrons. The predicted octanol–water partition coefficient (Wildman–Crippen LogP) is 3.48. The second-order valence-corrected chi connectivity index (χ2v) is 7.84. The fourth-order valence-corrected chi connectivity index (χ4v) is 4.14. The fraction of sp³-hybridized carbons (Fsp3) is 0.286. The molecule has 1 aliphatic heterocycles. The number of benzene rings is 1. The summed E-state index contributed by atoms with van der Waals surface area (Å²) in [5, 5.41) is 9.24. The fourth-order valence-electron chi connectivity index (χ4n) is 3.45. The largest absolute Gasteiger partial charge is 0.338 e. The highest BCUT2D eigenvalue weighted by atomic mass is 32.1. The molecule has 1 aromatic carbocycles. The lowest BCUT2D eigenvalue weighted by atomic mass is 9.96. The first kappa shape index (κ1) is 18.4. The number of likely N-dealkylation sites (tertiary alicyclic amines) is 1. The Morgan fingerprint density at radius 2 is 1.86 bits per heavy atom. The number of carbonyl (C=O) groups is 2. The zero-order chi connectivity index (χ0) is 19.3. The van der Waals surface area contributed by atoms with Gasteiger partial charge in [0.05, 0.1) is 17.6 Å². The molecule has 0 atom stereocenters. The molecule has 1 aliphatic rings. The highest BCUT2D eigenvalue weighted by Crippen LogP contribution is 2.22. The molecule has 0 saturated carbocycles. The lowest BCUT2D eigenvalue weighted by Crippen LogP contribution is -2.41. The van der Waals surface area contributed by atoms with Crippen molar-refractivity contribution in [3.63, 3.8) is 0 Å². The molecule has 6 nitrogen and oxygen atoms in total. The topological polar surface area (TPSA) is 67.2 Å². The number of thiophene rings is 1. The Hall–Kier alpha value is -2.93. The Morgan fingerprint density at radius 3 is 2.57 bits per heavy atom. The first-order valence-electron chi connectivity index (χ1n) is 9.40. The number of piperidine rings is 1. The van der Waals surface area contributed by atoms with E-state index in [1.807, 2.05) is 58.8 Å². The van der Waals surface area contributed by atoms with Crippen molar-refractivity contribution in [2.75, 3.05) is 18.4 Å². The standard InChI is InChI=1S/C21H22N4O2S/c26-20(17-9-12-24(13-10-17)21(27)18-7-4-14-28-18)23-19-8-11-22-25(19)15-16-5-2-1-3-6-16/h1-8,11,14,17H,9-10,12-13,15H2,(H,23,26). The van der Waals surface area contributed by atoms with Gasteiger partial charge in [0.1, 0.15) is 5.82 Å². The molecule has 0 bridgehead atoms. The molecule has 3 heterocycles. The van der Waals surface area contributed by atoms with Crippen LogP contribution in [0.4, 0.5) is 5.82 Å². The van der Waals surface area contributed by atoms with Crippen LogP contribution in [-0.4, -0.2) is 39.6 Å². The number of rotatable bonds is 5. The quantitative estimate of drug-likeness (QED) is 0.720. The SMILES string of the molecule is O=C(Nc1ccnn1Cc1ccccc1)C1CCN(C(=O)c2cccs2)CC1. The van der Waals surface area contributed by atoms with Crippen LogP contribution in [0.15, 0.2) is 60.1 Å². The third-order valence-corrected chi connectivity index (χ3v) is 5.89. The molecule has 144 valence electrons. The summed E-state index contributed by atoms with van der Waals surface area (Å²) in [5.41, 5.74) is 1.13. The van der Waals surface area contributed by atoms with Gasteiger partial charge in [-0.2, -0.15) is 5.10 Å². The second-order valence-electron chi connectivity index (χ2n) is 6.89. The van der Waals surface area contributed by atoms with E-state index in [-0.39, 0.29) is 17.7 Å². The monoisotopic (exact) mass is 394 g/mol. The van der Waals surface area contributed by atoms with Crippen LogP contribution >= 0.6 is 11.3 Å². The Kier molecular flexibility index (Phi) is 5.53. The number of aromatic nitrogens is 2. The van der Waals surface area contributed by atoms with Crippen LogP contribution < -0.4 is 5.32 Å². The van der Waals surface area contributed by atoms with Crippen LogP contribution in [0.5, 0.6) is 0 Å². The first-order chi connectivity index (χ1) is 13.7. The van der Waals surface area contributed by atoms with Gasteiger partial charge in [0.25, 0.3) is 5.91 Å². The van der Waals surface area contributed by atoms with Crippen LogP contribution in [0.1, 0.15) is 28.1 Å². The number of hydrogen-bond acceptors (Lipinski definition) is 4. The van der Waals surface area contributed by atoms with Crippen molar-refractivity contribution in [2.24, 2.45) is 5.92 Å². The van der Waals surface area contributed by atoms with Crippen molar-refractivity contribution in [1.82, 2.24) is 14.7 Å². The summed E-state index contributed by atoms with van der Waals surface area (Å²) in [6, 6.07) is 15.6. The smallest absolute Gasteiger partial charge is 0.263 e. The zero-order valence-corrected chi connectivity index (χ0v) is 16.3. The molecule has 7 heteroatoms. The van der Waals surface area contributed by atoms with Gasteiger partial charge in [-0.3, -0.25) is 9.59 Å². The molecule has 2 aromatic heterocycles. The first-order valence-corrected chi connectivity index (χ1v) is 10.3. The highest BCUT2D eigenvalue weighted by Gasteiger charge is 2.28. The number of anilines is 1. The minimum Gasteiger partial charge on any atom is -0.338 e. The zero-order valence-electron chi connectivity index (χ0n) is 15.5. The van der Waals surface area contributed by atoms with Crippen LogP contribution in [0, 0.1) is 5.92 Å². The predicted molar refractivity (Wildman–Crippen MR) is 109 cm³/mol. The maximum absolute atomic E-state index is 12.7. The second kappa shape index (κ2) is 8.39. The molecule has 2 amide bonds. The van der Waals surface area contributed by atoms with Gasteiger partial charge in [-0.15, -0.1) is 11.3 Å². The molecule has 0 unspecified atom stereocenters. The molecule has 3 aromatic rings. The average molecular weight is 395 g/mol. The lowest BCUT2D eigenvalue weighted by molar-refractivity contribution is -0.121. The summed E-state index contributed by atoms with van der Waals surface area (Å²) in [6.45, 7) is 1.83. The summed E-state index contributed by atoms with van der Waals surface area (Å²) in [4.78, 5) is 27.8. The molecule has 1 saturated heterocycles. The lowest BCUT2D eigenvalue weighted by Gasteiger charge is -2.31. The van der Waals surface area contributed by atoms with Gasteiger partial charge < -0.3 is 10.2 Å². The van der Waals surface area contributed by atoms with Crippen LogP contribution in [-0.2, 0) is 11.3 Å². The van der Waals surface area contributed by atoms with Crippen molar-refractivity contribution in [1.29, 1.82) is 0 Å². The van der Waals surface area contributed by atoms with Gasteiger partial charge in [-0.1, -0.05) is 36.4 Å². The van der Waals surface area contributed by atoms with Crippen molar-refractivity contribution < 1.29 is 9.59 Å². The normalized spacial score (nSPS) is 14.8. The van der Waals surface area contributed by atoms with E-state index in [1.54, 1.807) is 10.9 Å². The molecule has 28 heavy (non-hydrogen) atoms. The van der Waals surface area contributed by atoms with Crippen LogP contribution in [0.3, 0.4) is 0 Å². The van der Waals surface area contributed by atoms with E-state index in [0.717, 1.165) is 10.4 Å². The van der Waals surface area contributed by atoms with Gasteiger partial charge in [-0.05, 0) is 29.9 Å². The van der Waals surface area contributed by atoms with Crippen molar-refractivity contribution >= 4 is 29.0 Å². The highest BCUT2D eigenvalue weighted by molar-refractivity contribution is 7.12. The molecule has 1 fully saturated rings. The van der Waals surface area contributed by atoms with E-state index in [9.17, 15) is 9.59 Å². The van der Waals surface area contributed by atoms with E-state index in [0.29, 0.717) is 38.3 Å². The van der Waals surface area contributed by atoms with E-state index >= 15 is 0 Å². The Balaban J connectivity index is 1.33. The number of hydrogen-bond donors (Lipinski definition) is 1. The van der Waals surface area contributed by atoms with E-state index in [2.05, 4.69) is 10.4 Å². The minimum atomic E-state index is -0.0903. The molecule has 4 rings (SSSR count). The number of carbonyl (C=O) groups excluding carboxylic acids is 2. The average Bonchev–Trinajstić information content (AvgIpc) is 3.41. The van der Waals surface area contributed by atoms with E-state index in [1.165, 1.54) is 11.3 Å². The van der Waals surface area contributed by atoms with Gasteiger partial charge >= 0.3 is 0 Å². The summed E-state index contributed by atoms with van der Waals surface area (Å²) >= 11 is 1.46. The number of nitrogens with zero attached hydrogens (tertiary/aromatic N) is 3.